The van der Waals surface area contributed by atoms with Gasteiger partial charge in [-0.15, -0.1) is 0 Å². The maximum Gasteiger partial charge on any atom is 0.411 e. The van der Waals surface area contributed by atoms with Gasteiger partial charge in [0.05, 0.1) is 19.1 Å². The number of carbonyl (C=O) groups excluding carboxylic acids is 2. The highest BCUT2D eigenvalue weighted by Crippen LogP contribution is 2.41. The molecule has 0 aliphatic carbocycles. The Kier molecular flexibility index (Phi) is 4.04. The van der Waals surface area contributed by atoms with Gasteiger partial charge >= 0.3 is 12.1 Å². The molecule has 1 unspecified atom stereocenters. The number of fused-ring (bicyclic) bond motifs is 2. The molecule has 5 rings (SSSR count). The van der Waals surface area contributed by atoms with Crippen LogP contribution < -0.4 is 10.2 Å². The second-order valence-electron chi connectivity index (χ2n) is 7.70. The lowest BCUT2D eigenvalue weighted by Crippen LogP contribution is -2.71. The molecular weight excluding hydrogens is 372 g/mol. The second-order valence-corrected chi connectivity index (χ2v) is 7.70. The highest BCUT2D eigenvalue weighted by atomic mass is 16.6. The summed E-state index contributed by atoms with van der Waals surface area (Å²) in [4.78, 5) is 39.3. The molecule has 1 aromatic carbocycles. The molecule has 3 aliphatic rings. The standard InChI is InChI=1S/C20H22N6O3/c1-14-21-8-7-17(22-14)25-12-20(13-25)16-11-24(9-10-26(16)19(28)29-20)18(27)23-15-5-3-2-4-6-15/h2-8,16H,9-13H2,1H3,(H,23,27). The Morgan fingerprint density at radius 3 is 2.76 bits per heavy atom. The number of amides is 3. The van der Waals surface area contributed by atoms with E-state index in [-0.39, 0.29) is 18.2 Å². The number of aryl methyl sites for hydroxylation is 1. The lowest BCUT2D eigenvalue weighted by Gasteiger charge is -2.51. The Labute approximate surface area is 168 Å². The molecular formula is C20H22N6O3. The molecule has 3 fully saturated rings. The molecule has 9 nitrogen and oxygen atoms in total. The van der Waals surface area contributed by atoms with E-state index in [1.807, 2.05) is 43.3 Å². The molecule has 1 spiro atoms. The molecule has 3 amide bonds. The van der Waals surface area contributed by atoms with Gasteiger partial charge in [-0.25, -0.2) is 19.6 Å². The summed E-state index contributed by atoms with van der Waals surface area (Å²) in [6, 6.07) is 10.9. The first-order valence-corrected chi connectivity index (χ1v) is 9.69. The van der Waals surface area contributed by atoms with Crippen LogP contribution in [0.4, 0.5) is 21.1 Å². The monoisotopic (exact) mass is 394 g/mol. The van der Waals surface area contributed by atoms with E-state index < -0.39 is 5.60 Å². The number of anilines is 2. The molecule has 9 heteroatoms. The number of nitrogens with one attached hydrogen (secondary N) is 1. The van der Waals surface area contributed by atoms with Gasteiger partial charge in [-0.05, 0) is 25.1 Å². The molecule has 0 bridgehead atoms. The summed E-state index contributed by atoms with van der Waals surface area (Å²) in [7, 11) is 0. The summed E-state index contributed by atoms with van der Waals surface area (Å²) >= 11 is 0. The van der Waals surface area contributed by atoms with Crippen LogP contribution in [0.1, 0.15) is 5.82 Å². The van der Waals surface area contributed by atoms with Gasteiger partial charge < -0.3 is 19.9 Å². The molecule has 4 heterocycles. The molecule has 3 saturated heterocycles. The highest BCUT2D eigenvalue weighted by Gasteiger charge is 2.62. The molecule has 0 saturated carbocycles. The van der Waals surface area contributed by atoms with Crippen molar-refractivity contribution >= 4 is 23.6 Å². The molecule has 1 atom stereocenters. The van der Waals surface area contributed by atoms with Crippen molar-refractivity contribution in [1.29, 1.82) is 0 Å². The van der Waals surface area contributed by atoms with E-state index in [0.717, 1.165) is 11.5 Å². The van der Waals surface area contributed by atoms with Crippen LogP contribution in [0, 0.1) is 6.92 Å². The van der Waals surface area contributed by atoms with Crippen molar-refractivity contribution in [3.05, 3.63) is 48.4 Å². The number of aromatic nitrogens is 2. The maximum atomic E-state index is 12.7. The van der Waals surface area contributed by atoms with Gasteiger partial charge in [-0.3, -0.25) is 4.90 Å². The van der Waals surface area contributed by atoms with Gasteiger partial charge in [0, 0.05) is 31.5 Å². The Morgan fingerprint density at radius 2 is 2.00 bits per heavy atom. The fourth-order valence-electron chi connectivity index (χ4n) is 4.32. The summed E-state index contributed by atoms with van der Waals surface area (Å²) in [5.74, 6) is 1.53. The number of urea groups is 1. The number of hydrogen-bond donors (Lipinski definition) is 1. The Morgan fingerprint density at radius 1 is 1.21 bits per heavy atom. The second kappa shape index (κ2) is 6.61. The largest absolute Gasteiger partial charge is 0.437 e. The van der Waals surface area contributed by atoms with Gasteiger partial charge in [0.15, 0.2) is 5.60 Å². The van der Waals surface area contributed by atoms with Gasteiger partial charge in [0.1, 0.15) is 11.6 Å². The van der Waals surface area contributed by atoms with Gasteiger partial charge in [-0.1, -0.05) is 18.2 Å². The summed E-state index contributed by atoms with van der Waals surface area (Å²) in [6.45, 7) is 4.37. The van der Waals surface area contributed by atoms with Crippen molar-refractivity contribution in [1.82, 2.24) is 19.8 Å². The van der Waals surface area contributed by atoms with E-state index in [1.165, 1.54) is 0 Å². The molecule has 0 radical (unpaired) electrons. The van der Waals surface area contributed by atoms with Crippen LogP contribution in [0.25, 0.3) is 0 Å². The minimum absolute atomic E-state index is 0.159. The number of rotatable bonds is 2. The van der Waals surface area contributed by atoms with Crippen molar-refractivity contribution in [2.75, 3.05) is 42.9 Å². The highest BCUT2D eigenvalue weighted by molar-refractivity contribution is 5.89. The molecule has 1 aromatic heterocycles. The van der Waals surface area contributed by atoms with Crippen LogP contribution in [0.2, 0.25) is 0 Å². The number of carbonyl (C=O) groups is 2. The lowest BCUT2D eigenvalue weighted by molar-refractivity contribution is -0.00308. The van der Waals surface area contributed by atoms with Crippen LogP contribution in [0.15, 0.2) is 42.6 Å². The number of benzene rings is 1. The SMILES string of the molecule is Cc1nccc(N2CC3(C2)OC(=O)N2CCN(C(=O)Nc4ccccc4)CC23)n1. The van der Waals surface area contributed by atoms with Crippen LogP contribution in [0.5, 0.6) is 0 Å². The lowest BCUT2D eigenvalue weighted by atomic mass is 9.84. The summed E-state index contributed by atoms with van der Waals surface area (Å²) in [5, 5.41) is 2.92. The van der Waals surface area contributed by atoms with Gasteiger partial charge in [0.2, 0.25) is 0 Å². The van der Waals surface area contributed by atoms with Crippen molar-refractivity contribution in [3.8, 4) is 0 Å². The Balaban J connectivity index is 1.29. The van der Waals surface area contributed by atoms with Gasteiger partial charge in [0.25, 0.3) is 0 Å². The minimum Gasteiger partial charge on any atom is -0.437 e. The molecule has 1 N–H and O–H groups in total. The predicted molar refractivity (Wildman–Crippen MR) is 106 cm³/mol. The third kappa shape index (κ3) is 3.02. The van der Waals surface area contributed by atoms with E-state index in [1.54, 1.807) is 16.0 Å². The fraction of sp³-hybridized carbons (Fsp3) is 0.400. The summed E-state index contributed by atoms with van der Waals surface area (Å²) < 4.78 is 5.80. The van der Waals surface area contributed by atoms with Crippen molar-refractivity contribution in [2.24, 2.45) is 0 Å². The first-order chi connectivity index (χ1) is 14.0. The Hall–Kier alpha value is -3.36. The average Bonchev–Trinajstić information content (AvgIpc) is 3.00. The number of piperazine rings is 1. The van der Waals surface area contributed by atoms with Gasteiger partial charge in [-0.2, -0.15) is 0 Å². The first kappa shape index (κ1) is 17.7. The topological polar surface area (TPSA) is 90.9 Å². The summed E-state index contributed by atoms with van der Waals surface area (Å²) in [5.41, 5.74) is 0.143. The van der Waals surface area contributed by atoms with E-state index in [4.69, 9.17) is 4.74 Å². The van der Waals surface area contributed by atoms with Crippen molar-refractivity contribution in [3.63, 3.8) is 0 Å². The van der Waals surface area contributed by atoms with E-state index in [0.29, 0.717) is 38.5 Å². The average molecular weight is 394 g/mol. The van der Waals surface area contributed by atoms with Crippen molar-refractivity contribution in [2.45, 2.75) is 18.6 Å². The van der Waals surface area contributed by atoms with Crippen molar-refractivity contribution < 1.29 is 14.3 Å². The van der Waals surface area contributed by atoms with Crippen LogP contribution >= 0.6 is 0 Å². The molecule has 2 aromatic rings. The quantitative estimate of drug-likeness (QED) is 0.834. The van der Waals surface area contributed by atoms with E-state index in [9.17, 15) is 9.59 Å². The normalized spacial score (nSPS) is 22.2. The zero-order valence-corrected chi connectivity index (χ0v) is 16.1. The zero-order chi connectivity index (χ0) is 20.0. The van der Waals surface area contributed by atoms with E-state index in [2.05, 4.69) is 20.2 Å². The minimum atomic E-state index is -0.609. The van der Waals surface area contributed by atoms with Crippen LogP contribution in [-0.2, 0) is 4.74 Å². The number of hydrogen-bond acceptors (Lipinski definition) is 6. The Bertz CT molecular complexity index is 946. The smallest absolute Gasteiger partial charge is 0.411 e. The maximum absolute atomic E-state index is 12.7. The predicted octanol–water partition coefficient (Wildman–Crippen LogP) is 1.71. The summed E-state index contributed by atoms with van der Waals surface area (Å²) in [6.07, 6.45) is 1.43. The third-order valence-electron chi connectivity index (χ3n) is 5.83. The fourth-order valence-corrected chi connectivity index (χ4v) is 4.32. The van der Waals surface area contributed by atoms with Crippen LogP contribution in [-0.4, -0.2) is 76.3 Å². The molecule has 3 aliphatic heterocycles. The number of para-hydroxylation sites is 1. The molecule has 150 valence electrons. The molecule has 29 heavy (non-hydrogen) atoms. The number of nitrogens with zero attached hydrogens (tertiary/aromatic N) is 5. The van der Waals surface area contributed by atoms with E-state index >= 15 is 0 Å². The third-order valence-corrected chi connectivity index (χ3v) is 5.83. The number of ether oxygens (including phenoxy) is 1. The first-order valence-electron chi connectivity index (χ1n) is 9.69. The van der Waals surface area contributed by atoms with Crippen LogP contribution in [0.3, 0.4) is 0 Å². The zero-order valence-electron chi connectivity index (χ0n) is 16.1.